The molecule has 0 saturated carbocycles. The fourth-order valence-corrected chi connectivity index (χ4v) is 3.44. The van der Waals surface area contributed by atoms with Crippen LogP contribution in [0.4, 0.5) is 5.69 Å². The Morgan fingerprint density at radius 3 is 2.55 bits per heavy atom. The minimum Gasteiger partial charge on any atom is -0.495 e. The first-order valence-corrected chi connectivity index (χ1v) is 8.17. The van der Waals surface area contributed by atoms with E-state index in [-0.39, 0.29) is 11.9 Å². The fourth-order valence-electron chi connectivity index (χ4n) is 3.18. The van der Waals surface area contributed by atoms with Crippen LogP contribution >= 0.6 is 11.6 Å². The lowest BCUT2D eigenvalue weighted by molar-refractivity contribution is -0.121. The second kappa shape index (κ2) is 7.34. The second-order valence-electron chi connectivity index (χ2n) is 6.41. The number of benzene rings is 1. The number of hydrogen-bond acceptors (Lipinski definition) is 3. The van der Waals surface area contributed by atoms with Crippen LogP contribution < -0.4 is 10.1 Å². The summed E-state index contributed by atoms with van der Waals surface area (Å²) in [5.74, 6) is 1.87. The largest absolute Gasteiger partial charge is 0.495 e. The van der Waals surface area contributed by atoms with Gasteiger partial charge in [0.25, 0.3) is 0 Å². The molecule has 1 amide bonds. The highest BCUT2D eigenvalue weighted by Gasteiger charge is 2.28. The fraction of sp³-hybridized carbons (Fsp3) is 0.588. The van der Waals surface area contributed by atoms with Crippen LogP contribution in [-0.4, -0.2) is 37.0 Å². The number of likely N-dealkylation sites (tertiary alicyclic amines) is 1. The number of rotatable bonds is 4. The lowest BCUT2D eigenvalue weighted by Gasteiger charge is -2.38. The summed E-state index contributed by atoms with van der Waals surface area (Å²) in [6.45, 7) is 8.41. The van der Waals surface area contributed by atoms with Crippen molar-refractivity contribution in [3.05, 3.63) is 23.2 Å². The van der Waals surface area contributed by atoms with E-state index in [9.17, 15) is 4.79 Å². The Kier molecular flexibility index (Phi) is 5.70. The van der Waals surface area contributed by atoms with Gasteiger partial charge in [0.05, 0.1) is 18.2 Å². The van der Waals surface area contributed by atoms with Crippen molar-refractivity contribution in [1.82, 2.24) is 4.90 Å². The summed E-state index contributed by atoms with van der Waals surface area (Å²) >= 11 is 6.09. The smallest absolute Gasteiger partial charge is 0.241 e. The normalized spacial score (nSPS) is 23.9. The Labute approximate surface area is 137 Å². The minimum atomic E-state index is -0.147. The zero-order valence-electron chi connectivity index (χ0n) is 13.7. The van der Waals surface area contributed by atoms with Crippen molar-refractivity contribution in [2.45, 2.75) is 33.2 Å². The van der Waals surface area contributed by atoms with Crippen LogP contribution in [0.5, 0.6) is 5.75 Å². The molecule has 0 aromatic heterocycles. The van der Waals surface area contributed by atoms with Crippen LogP contribution in [0.2, 0.25) is 5.02 Å². The maximum absolute atomic E-state index is 12.5. The van der Waals surface area contributed by atoms with Crippen molar-refractivity contribution in [3.63, 3.8) is 0 Å². The van der Waals surface area contributed by atoms with Crippen LogP contribution in [0.15, 0.2) is 18.2 Å². The monoisotopic (exact) mass is 324 g/mol. The van der Waals surface area contributed by atoms with Gasteiger partial charge in [-0.1, -0.05) is 25.4 Å². The Bertz CT molecular complexity index is 525. The molecule has 0 spiro atoms. The van der Waals surface area contributed by atoms with E-state index in [0.29, 0.717) is 28.3 Å². The molecule has 122 valence electrons. The van der Waals surface area contributed by atoms with E-state index in [1.54, 1.807) is 25.3 Å². The highest BCUT2D eigenvalue weighted by Crippen LogP contribution is 2.28. The SMILES string of the molecule is COc1ccc(NC(=O)[C@H](C)N2C[C@@H](C)C[C@H](C)C2)cc1Cl. The average molecular weight is 325 g/mol. The van der Waals surface area contributed by atoms with Gasteiger partial charge in [0.15, 0.2) is 0 Å². The minimum absolute atomic E-state index is 0.00235. The lowest BCUT2D eigenvalue weighted by atomic mass is 9.91. The number of carbonyl (C=O) groups excluding carboxylic acids is 1. The Morgan fingerprint density at radius 2 is 2.00 bits per heavy atom. The number of ether oxygens (including phenoxy) is 1. The third kappa shape index (κ3) is 4.14. The molecule has 0 bridgehead atoms. The quantitative estimate of drug-likeness (QED) is 0.919. The Hall–Kier alpha value is -1.26. The predicted octanol–water partition coefficient (Wildman–Crippen LogP) is 3.65. The third-order valence-electron chi connectivity index (χ3n) is 4.24. The number of amides is 1. The zero-order chi connectivity index (χ0) is 16.3. The van der Waals surface area contributed by atoms with Crippen molar-refractivity contribution in [2.24, 2.45) is 11.8 Å². The molecule has 1 aromatic rings. The summed E-state index contributed by atoms with van der Waals surface area (Å²) in [5, 5.41) is 3.43. The summed E-state index contributed by atoms with van der Waals surface area (Å²) in [5.41, 5.74) is 0.695. The van der Waals surface area contributed by atoms with Gasteiger partial charge in [-0.25, -0.2) is 0 Å². The maximum atomic E-state index is 12.5. The number of hydrogen-bond donors (Lipinski definition) is 1. The van der Waals surface area contributed by atoms with E-state index in [4.69, 9.17) is 16.3 Å². The first kappa shape index (κ1) is 17.1. The van der Waals surface area contributed by atoms with Gasteiger partial charge >= 0.3 is 0 Å². The lowest BCUT2D eigenvalue weighted by Crippen LogP contribution is -2.48. The molecule has 1 N–H and O–H groups in total. The van der Waals surface area contributed by atoms with E-state index >= 15 is 0 Å². The summed E-state index contributed by atoms with van der Waals surface area (Å²) in [4.78, 5) is 14.7. The van der Waals surface area contributed by atoms with Crippen LogP contribution in [0.3, 0.4) is 0 Å². The molecule has 22 heavy (non-hydrogen) atoms. The van der Waals surface area contributed by atoms with E-state index in [0.717, 1.165) is 13.1 Å². The number of carbonyl (C=O) groups is 1. The topological polar surface area (TPSA) is 41.6 Å². The summed E-state index contributed by atoms with van der Waals surface area (Å²) < 4.78 is 5.12. The number of methoxy groups -OCH3 is 1. The molecular formula is C17H25ClN2O2. The van der Waals surface area contributed by atoms with Crippen LogP contribution in [-0.2, 0) is 4.79 Å². The highest BCUT2D eigenvalue weighted by atomic mass is 35.5. The highest BCUT2D eigenvalue weighted by molar-refractivity contribution is 6.32. The summed E-state index contributed by atoms with van der Waals surface area (Å²) in [6, 6.07) is 5.13. The van der Waals surface area contributed by atoms with E-state index < -0.39 is 0 Å². The third-order valence-corrected chi connectivity index (χ3v) is 4.54. The number of anilines is 1. The van der Waals surface area contributed by atoms with Crippen LogP contribution in [0.25, 0.3) is 0 Å². The van der Waals surface area contributed by atoms with Gasteiger partial charge in [0, 0.05) is 18.8 Å². The van der Waals surface area contributed by atoms with Gasteiger partial charge in [-0.05, 0) is 43.4 Å². The molecule has 1 aliphatic heterocycles. The van der Waals surface area contributed by atoms with Gasteiger partial charge in [-0.2, -0.15) is 0 Å². The van der Waals surface area contributed by atoms with Crippen molar-refractivity contribution in [1.29, 1.82) is 0 Å². The van der Waals surface area contributed by atoms with Crippen molar-refractivity contribution >= 4 is 23.2 Å². The molecule has 1 fully saturated rings. The molecule has 1 aliphatic rings. The van der Waals surface area contributed by atoms with Gasteiger partial charge in [0.1, 0.15) is 5.75 Å². The zero-order valence-corrected chi connectivity index (χ0v) is 14.5. The standard InChI is InChI=1S/C17H25ClN2O2/c1-11-7-12(2)10-20(9-11)13(3)17(21)19-14-5-6-16(22-4)15(18)8-14/h5-6,8,11-13H,7,9-10H2,1-4H3,(H,19,21)/t11-,12-,13-/m0/s1. The van der Waals surface area contributed by atoms with Crippen molar-refractivity contribution in [3.8, 4) is 5.75 Å². The Morgan fingerprint density at radius 1 is 1.36 bits per heavy atom. The summed E-state index contributed by atoms with van der Waals surface area (Å²) in [6.07, 6.45) is 1.24. The molecule has 1 aromatic carbocycles. The number of piperidine rings is 1. The number of halogens is 1. The van der Waals surface area contributed by atoms with Gasteiger partial charge < -0.3 is 10.1 Å². The summed E-state index contributed by atoms with van der Waals surface area (Å²) in [7, 11) is 1.57. The number of nitrogens with one attached hydrogen (secondary N) is 1. The Balaban J connectivity index is 2.00. The molecular weight excluding hydrogens is 300 g/mol. The van der Waals surface area contributed by atoms with Gasteiger partial charge in [-0.15, -0.1) is 0 Å². The average Bonchev–Trinajstić information content (AvgIpc) is 2.45. The first-order valence-electron chi connectivity index (χ1n) is 7.79. The van der Waals surface area contributed by atoms with Gasteiger partial charge in [0.2, 0.25) is 5.91 Å². The molecule has 0 radical (unpaired) electrons. The number of nitrogens with zero attached hydrogens (tertiary/aromatic N) is 1. The molecule has 0 unspecified atom stereocenters. The van der Waals surface area contributed by atoms with E-state index in [2.05, 4.69) is 24.1 Å². The molecule has 4 nitrogen and oxygen atoms in total. The second-order valence-corrected chi connectivity index (χ2v) is 6.82. The van der Waals surface area contributed by atoms with Crippen LogP contribution in [0.1, 0.15) is 27.2 Å². The van der Waals surface area contributed by atoms with Crippen molar-refractivity contribution < 1.29 is 9.53 Å². The van der Waals surface area contributed by atoms with E-state index in [1.807, 2.05) is 6.92 Å². The van der Waals surface area contributed by atoms with E-state index in [1.165, 1.54) is 6.42 Å². The molecule has 1 heterocycles. The maximum Gasteiger partial charge on any atom is 0.241 e. The van der Waals surface area contributed by atoms with Gasteiger partial charge in [-0.3, -0.25) is 9.69 Å². The molecule has 5 heteroatoms. The van der Waals surface area contributed by atoms with Crippen LogP contribution in [0, 0.1) is 11.8 Å². The van der Waals surface area contributed by atoms with Crippen molar-refractivity contribution in [2.75, 3.05) is 25.5 Å². The molecule has 3 atom stereocenters. The predicted molar refractivity (Wildman–Crippen MR) is 90.6 cm³/mol. The molecule has 2 rings (SSSR count). The first-order chi connectivity index (χ1) is 10.4. The molecule has 1 saturated heterocycles. The molecule has 0 aliphatic carbocycles.